The fraction of sp³-hybridized carbons (Fsp3) is 0.250. The minimum absolute atomic E-state index is 0.247. The van der Waals surface area contributed by atoms with Gasteiger partial charge in [-0.1, -0.05) is 12.1 Å². The summed E-state index contributed by atoms with van der Waals surface area (Å²) >= 11 is 1.03. The van der Waals surface area contributed by atoms with Crippen molar-refractivity contribution < 1.29 is 24.2 Å². The van der Waals surface area contributed by atoms with Crippen LogP contribution < -0.4 is 14.8 Å². The van der Waals surface area contributed by atoms with Crippen LogP contribution in [-0.4, -0.2) is 30.6 Å². The van der Waals surface area contributed by atoms with Gasteiger partial charge in [0.2, 0.25) is 5.91 Å². The number of carbonyl (C=O) groups is 2. The van der Waals surface area contributed by atoms with Gasteiger partial charge in [0, 0.05) is 13.1 Å². The van der Waals surface area contributed by atoms with Gasteiger partial charge in [0.1, 0.15) is 40.2 Å². The predicted molar refractivity (Wildman–Crippen MR) is 142 cm³/mol. The van der Waals surface area contributed by atoms with Gasteiger partial charge in [0.05, 0.1) is 11.0 Å². The highest BCUT2D eigenvalue weighted by molar-refractivity contribution is 8.16. The first kappa shape index (κ1) is 24.7. The molecular weight excluding hydrogens is 490 g/mol. The molecule has 2 heterocycles. The standard InChI is InChI=1S/C28H27N3O5S/c1-16-12-24(17(2)11-23(16)32)36-20-9-10-21-22(13-20)31(4)25(29-21)15-35-19-7-5-18(6-8-19)14-28(3)26(33)30-27(34)37-28/h5-13,32H,14-15H2,1-4H3,(H,30,33,34)/t28-/m1/s1. The van der Waals surface area contributed by atoms with Crippen molar-refractivity contribution >= 4 is 33.9 Å². The van der Waals surface area contributed by atoms with E-state index < -0.39 is 4.75 Å². The van der Waals surface area contributed by atoms with Crippen molar-refractivity contribution in [2.45, 2.75) is 38.5 Å². The summed E-state index contributed by atoms with van der Waals surface area (Å²) in [6, 6.07) is 16.8. The molecule has 5 rings (SSSR count). The number of hydrogen-bond acceptors (Lipinski definition) is 7. The number of nitrogens with zero attached hydrogens (tertiary/aromatic N) is 2. The second-order valence-corrected chi connectivity index (χ2v) is 10.9. The first-order valence-corrected chi connectivity index (χ1v) is 12.6. The zero-order valence-corrected chi connectivity index (χ0v) is 21.8. The van der Waals surface area contributed by atoms with Gasteiger partial charge in [-0.05, 0) is 92.0 Å². The monoisotopic (exact) mass is 517 g/mol. The number of imidazole rings is 1. The summed E-state index contributed by atoms with van der Waals surface area (Å²) in [5.41, 5.74) is 4.29. The Morgan fingerprint density at radius 3 is 2.46 bits per heavy atom. The SMILES string of the molecule is Cc1cc(Oc2ccc3nc(COc4ccc(C[C@@]5(C)SC(=O)NC5=O)cc4)n(C)c3c2)c(C)cc1O. The first-order valence-electron chi connectivity index (χ1n) is 11.8. The minimum atomic E-state index is -0.797. The van der Waals surface area contributed by atoms with Crippen LogP contribution in [0.3, 0.4) is 0 Å². The Kier molecular flexibility index (Phi) is 6.33. The topological polar surface area (TPSA) is 103 Å². The van der Waals surface area contributed by atoms with Gasteiger partial charge < -0.3 is 19.1 Å². The summed E-state index contributed by atoms with van der Waals surface area (Å²) < 4.78 is 13.3. The average Bonchev–Trinajstić information content (AvgIpc) is 3.30. The van der Waals surface area contributed by atoms with Gasteiger partial charge in [-0.25, -0.2) is 4.98 Å². The van der Waals surface area contributed by atoms with Crippen LogP contribution in [0.25, 0.3) is 11.0 Å². The molecule has 2 amide bonds. The summed E-state index contributed by atoms with van der Waals surface area (Å²) in [5, 5.41) is 11.9. The van der Waals surface area contributed by atoms with Crippen molar-refractivity contribution in [3.05, 3.63) is 77.1 Å². The number of hydrogen-bond donors (Lipinski definition) is 2. The molecule has 8 nitrogen and oxygen atoms in total. The molecule has 1 aliphatic rings. The predicted octanol–water partition coefficient (Wildman–Crippen LogP) is 5.55. The molecule has 37 heavy (non-hydrogen) atoms. The number of rotatable bonds is 7. The maximum Gasteiger partial charge on any atom is 0.286 e. The third-order valence-electron chi connectivity index (χ3n) is 6.51. The maximum absolute atomic E-state index is 12.1. The zero-order chi connectivity index (χ0) is 26.3. The number of aromatic hydroxyl groups is 1. The number of carbonyl (C=O) groups excluding carboxylic acids is 2. The lowest BCUT2D eigenvalue weighted by atomic mass is 9.99. The summed E-state index contributed by atoms with van der Waals surface area (Å²) in [7, 11) is 1.93. The molecule has 190 valence electrons. The molecule has 0 unspecified atom stereocenters. The number of thioether (sulfide) groups is 1. The summed E-state index contributed by atoms with van der Waals surface area (Å²) in [6.07, 6.45) is 0.452. The van der Waals surface area contributed by atoms with Crippen LogP contribution in [0.5, 0.6) is 23.0 Å². The third kappa shape index (κ3) is 4.99. The number of amides is 2. The highest BCUT2D eigenvalue weighted by Gasteiger charge is 2.43. The molecule has 1 fully saturated rings. The van der Waals surface area contributed by atoms with Gasteiger partial charge >= 0.3 is 0 Å². The Morgan fingerprint density at radius 1 is 1.03 bits per heavy atom. The first-order chi connectivity index (χ1) is 17.6. The van der Waals surface area contributed by atoms with Gasteiger partial charge in [0.15, 0.2) is 0 Å². The number of benzene rings is 3. The van der Waals surface area contributed by atoms with Crippen LogP contribution in [0.2, 0.25) is 0 Å². The van der Waals surface area contributed by atoms with Crippen molar-refractivity contribution in [3.63, 3.8) is 0 Å². The highest BCUT2D eigenvalue weighted by atomic mass is 32.2. The molecular formula is C28H27N3O5S. The zero-order valence-electron chi connectivity index (χ0n) is 21.0. The van der Waals surface area contributed by atoms with E-state index in [2.05, 4.69) is 5.32 Å². The summed E-state index contributed by atoms with van der Waals surface area (Å²) in [6.45, 7) is 5.78. The van der Waals surface area contributed by atoms with Crippen LogP contribution >= 0.6 is 11.8 Å². The Hall–Kier alpha value is -3.98. The number of aromatic nitrogens is 2. The van der Waals surface area contributed by atoms with Crippen LogP contribution in [0.15, 0.2) is 54.6 Å². The van der Waals surface area contributed by atoms with Crippen molar-refractivity contribution in [2.75, 3.05) is 0 Å². The molecule has 0 aliphatic carbocycles. The van der Waals surface area contributed by atoms with E-state index in [9.17, 15) is 14.7 Å². The van der Waals surface area contributed by atoms with E-state index in [1.54, 1.807) is 13.0 Å². The molecule has 1 aromatic heterocycles. The number of ether oxygens (including phenoxy) is 2. The largest absolute Gasteiger partial charge is 0.508 e. The van der Waals surface area contributed by atoms with Crippen molar-refractivity contribution in [3.8, 4) is 23.0 Å². The molecule has 9 heteroatoms. The average molecular weight is 518 g/mol. The minimum Gasteiger partial charge on any atom is -0.508 e. The Balaban J connectivity index is 1.27. The highest BCUT2D eigenvalue weighted by Crippen LogP contribution is 2.35. The number of phenols is 1. The molecule has 0 radical (unpaired) electrons. The molecule has 3 aromatic carbocycles. The number of aryl methyl sites for hydroxylation is 3. The van der Waals surface area contributed by atoms with Gasteiger partial charge in [-0.3, -0.25) is 14.9 Å². The lowest BCUT2D eigenvalue weighted by Gasteiger charge is -2.18. The van der Waals surface area contributed by atoms with E-state index >= 15 is 0 Å². The van der Waals surface area contributed by atoms with Crippen LogP contribution in [0.1, 0.15) is 29.4 Å². The summed E-state index contributed by atoms with van der Waals surface area (Å²) in [5.74, 6) is 2.80. The maximum atomic E-state index is 12.1. The molecule has 0 spiro atoms. The van der Waals surface area contributed by atoms with E-state index in [4.69, 9.17) is 14.5 Å². The summed E-state index contributed by atoms with van der Waals surface area (Å²) in [4.78, 5) is 28.3. The Morgan fingerprint density at radius 2 is 1.76 bits per heavy atom. The molecule has 0 saturated carbocycles. The number of nitrogens with one attached hydrogen (secondary N) is 1. The number of imide groups is 1. The molecule has 1 saturated heterocycles. The Labute approximate surface area is 218 Å². The van der Waals surface area contributed by atoms with E-state index in [0.717, 1.165) is 45.3 Å². The van der Waals surface area contributed by atoms with Gasteiger partial charge in [-0.15, -0.1) is 0 Å². The van der Waals surface area contributed by atoms with Crippen LogP contribution in [-0.2, 0) is 24.9 Å². The second kappa shape index (κ2) is 9.48. The molecule has 2 N–H and O–H groups in total. The number of phenolic OH excluding ortho intramolecular Hbond substituents is 1. The third-order valence-corrected chi connectivity index (χ3v) is 7.58. The van der Waals surface area contributed by atoms with E-state index in [1.807, 2.05) is 74.0 Å². The lowest BCUT2D eigenvalue weighted by molar-refractivity contribution is -0.121. The van der Waals surface area contributed by atoms with E-state index in [1.165, 1.54) is 0 Å². The van der Waals surface area contributed by atoms with Crippen molar-refractivity contribution in [2.24, 2.45) is 7.05 Å². The van der Waals surface area contributed by atoms with Crippen LogP contribution in [0.4, 0.5) is 4.79 Å². The fourth-order valence-electron chi connectivity index (χ4n) is 4.28. The lowest BCUT2D eigenvalue weighted by Crippen LogP contribution is -2.35. The fourth-order valence-corrected chi connectivity index (χ4v) is 5.22. The van der Waals surface area contributed by atoms with Crippen LogP contribution in [0, 0.1) is 13.8 Å². The molecule has 4 aromatic rings. The van der Waals surface area contributed by atoms with Crippen molar-refractivity contribution in [1.82, 2.24) is 14.9 Å². The number of fused-ring (bicyclic) bond motifs is 1. The molecule has 1 aliphatic heterocycles. The van der Waals surface area contributed by atoms with Crippen molar-refractivity contribution in [1.29, 1.82) is 0 Å². The quantitative estimate of drug-likeness (QED) is 0.331. The molecule has 1 atom stereocenters. The normalized spacial score (nSPS) is 17.3. The smallest absolute Gasteiger partial charge is 0.286 e. The second-order valence-electron chi connectivity index (χ2n) is 9.43. The van der Waals surface area contributed by atoms with E-state index in [0.29, 0.717) is 23.7 Å². The van der Waals surface area contributed by atoms with Gasteiger partial charge in [-0.2, -0.15) is 0 Å². The Bertz CT molecular complexity index is 1530. The van der Waals surface area contributed by atoms with E-state index in [-0.39, 0.29) is 23.5 Å². The molecule has 0 bridgehead atoms. The van der Waals surface area contributed by atoms with Gasteiger partial charge in [0.25, 0.3) is 5.24 Å².